The molecule has 1 N–H and O–H groups in total. The number of halogens is 1. The molecule has 122 valence electrons. The van der Waals surface area contributed by atoms with Gasteiger partial charge in [-0.15, -0.1) is 0 Å². The highest BCUT2D eigenvalue weighted by molar-refractivity contribution is 6.30. The van der Waals surface area contributed by atoms with Gasteiger partial charge in [0.05, 0.1) is 6.10 Å². The van der Waals surface area contributed by atoms with E-state index < -0.39 is 0 Å². The average Bonchev–Trinajstić information content (AvgIpc) is 2.61. The molecule has 2 heterocycles. The smallest absolute Gasteiger partial charge is 0.0819 e. The summed E-state index contributed by atoms with van der Waals surface area (Å²) >= 11 is 5.91. The van der Waals surface area contributed by atoms with E-state index in [-0.39, 0.29) is 6.10 Å². The first-order valence-corrected chi connectivity index (χ1v) is 8.65. The summed E-state index contributed by atoms with van der Waals surface area (Å²) in [6.45, 7) is 3.19. The zero-order valence-electron chi connectivity index (χ0n) is 13.2. The molecule has 1 aromatic heterocycles. The van der Waals surface area contributed by atoms with Crippen LogP contribution in [0, 0.1) is 5.92 Å². The zero-order chi connectivity index (χ0) is 16.1. The minimum atomic E-state index is -0.380. The van der Waals surface area contributed by atoms with Crippen molar-refractivity contribution in [1.29, 1.82) is 0 Å². The number of aliphatic hydroxyl groups is 1. The van der Waals surface area contributed by atoms with Gasteiger partial charge >= 0.3 is 0 Å². The van der Waals surface area contributed by atoms with Crippen LogP contribution in [-0.4, -0.2) is 34.6 Å². The number of nitrogens with zero attached hydrogens (tertiary/aromatic N) is 2. The minimum Gasteiger partial charge on any atom is -0.388 e. The van der Waals surface area contributed by atoms with Gasteiger partial charge in [0, 0.05) is 24.0 Å². The largest absolute Gasteiger partial charge is 0.388 e. The summed E-state index contributed by atoms with van der Waals surface area (Å²) in [6, 6.07) is 11.7. The summed E-state index contributed by atoms with van der Waals surface area (Å²) in [7, 11) is 0. The number of benzene rings is 1. The van der Waals surface area contributed by atoms with Gasteiger partial charge in [-0.1, -0.05) is 23.7 Å². The van der Waals surface area contributed by atoms with Gasteiger partial charge in [0.1, 0.15) is 0 Å². The van der Waals surface area contributed by atoms with Crippen LogP contribution in [0.2, 0.25) is 5.02 Å². The Hall–Kier alpha value is -1.42. The van der Waals surface area contributed by atoms with Gasteiger partial charge in [0.25, 0.3) is 0 Å². The summed E-state index contributed by atoms with van der Waals surface area (Å²) < 4.78 is 0. The summed E-state index contributed by atoms with van der Waals surface area (Å²) in [5, 5.41) is 11.3. The summed E-state index contributed by atoms with van der Waals surface area (Å²) in [6.07, 6.45) is 6.47. The molecule has 0 aliphatic carbocycles. The van der Waals surface area contributed by atoms with E-state index in [4.69, 9.17) is 11.6 Å². The number of aliphatic hydroxyl groups excluding tert-OH is 1. The third-order valence-corrected chi connectivity index (χ3v) is 5.01. The highest BCUT2D eigenvalue weighted by Gasteiger charge is 2.26. The van der Waals surface area contributed by atoms with Crippen molar-refractivity contribution in [3.05, 3.63) is 64.9 Å². The van der Waals surface area contributed by atoms with Crippen LogP contribution in [0.1, 0.15) is 30.1 Å². The fraction of sp³-hybridized carbons (Fsp3) is 0.421. The number of aromatic nitrogens is 1. The molecule has 2 aromatic rings. The van der Waals surface area contributed by atoms with E-state index in [1.807, 2.05) is 36.7 Å². The third-order valence-electron chi connectivity index (χ3n) is 4.76. The maximum atomic E-state index is 10.6. The molecule has 4 heteroatoms. The molecule has 1 aliphatic rings. The predicted molar refractivity (Wildman–Crippen MR) is 93.5 cm³/mol. The second-order valence-corrected chi connectivity index (χ2v) is 6.72. The molecule has 1 aliphatic heterocycles. The normalized spacial score (nSPS) is 18.0. The Morgan fingerprint density at radius 1 is 1.09 bits per heavy atom. The van der Waals surface area contributed by atoms with E-state index in [9.17, 15) is 5.11 Å². The van der Waals surface area contributed by atoms with Crippen molar-refractivity contribution in [2.75, 3.05) is 19.6 Å². The maximum Gasteiger partial charge on any atom is 0.0819 e. The first-order valence-electron chi connectivity index (χ1n) is 8.27. The lowest BCUT2D eigenvalue weighted by molar-refractivity contribution is 0.0592. The van der Waals surface area contributed by atoms with E-state index in [2.05, 4.69) is 22.0 Å². The van der Waals surface area contributed by atoms with Crippen molar-refractivity contribution in [2.45, 2.75) is 25.4 Å². The molecule has 23 heavy (non-hydrogen) atoms. The van der Waals surface area contributed by atoms with Crippen LogP contribution in [0.3, 0.4) is 0 Å². The van der Waals surface area contributed by atoms with E-state index >= 15 is 0 Å². The molecule has 0 spiro atoms. The average molecular weight is 331 g/mol. The van der Waals surface area contributed by atoms with Gasteiger partial charge in [0.2, 0.25) is 0 Å². The quantitative estimate of drug-likeness (QED) is 0.907. The summed E-state index contributed by atoms with van der Waals surface area (Å²) in [5.41, 5.74) is 2.31. The van der Waals surface area contributed by atoms with Crippen LogP contribution in [-0.2, 0) is 6.42 Å². The molecule has 0 radical (unpaired) electrons. The molecule has 0 saturated carbocycles. The molecular formula is C19H23ClN2O. The predicted octanol–water partition coefficient (Wildman–Crippen LogP) is 3.72. The molecule has 1 fully saturated rings. The van der Waals surface area contributed by atoms with Crippen molar-refractivity contribution in [3.63, 3.8) is 0 Å². The van der Waals surface area contributed by atoms with E-state index in [1.165, 1.54) is 5.56 Å². The van der Waals surface area contributed by atoms with Crippen LogP contribution in [0.25, 0.3) is 0 Å². The maximum absolute atomic E-state index is 10.6. The number of piperidine rings is 1. The van der Waals surface area contributed by atoms with Crippen molar-refractivity contribution >= 4 is 11.6 Å². The zero-order valence-corrected chi connectivity index (χ0v) is 14.0. The van der Waals surface area contributed by atoms with Gasteiger partial charge in [-0.25, -0.2) is 0 Å². The molecule has 0 amide bonds. The van der Waals surface area contributed by atoms with Gasteiger partial charge in [-0.05, 0) is 73.7 Å². The molecule has 1 saturated heterocycles. The van der Waals surface area contributed by atoms with Gasteiger partial charge in [0.15, 0.2) is 0 Å². The van der Waals surface area contributed by atoms with Gasteiger partial charge in [-0.2, -0.15) is 0 Å². The monoisotopic (exact) mass is 330 g/mol. The number of likely N-dealkylation sites (tertiary alicyclic amines) is 1. The van der Waals surface area contributed by atoms with E-state index in [0.717, 1.165) is 44.5 Å². The second kappa shape index (κ2) is 7.91. The Labute approximate surface area is 142 Å². The Kier molecular flexibility index (Phi) is 5.65. The first kappa shape index (κ1) is 16.4. The van der Waals surface area contributed by atoms with E-state index in [1.54, 1.807) is 0 Å². The third kappa shape index (κ3) is 4.54. The Morgan fingerprint density at radius 3 is 2.39 bits per heavy atom. The van der Waals surface area contributed by atoms with Gasteiger partial charge < -0.3 is 10.0 Å². The molecule has 1 aromatic carbocycles. The highest BCUT2D eigenvalue weighted by atomic mass is 35.5. The van der Waals surface area contributed by atoms with Crippen molar-refractivity contribution in [1.82, 2.24) is 9.88 Å². The minimum absolute atomic E-state index is 0.341. The molecular weight excluding hydrogens is 308 g/mol. The standard InChI is InChI=1S/C19H23ClN2O/c20-18-3-1-16(2-4-18)19(23)17-8-13-22(14-9-17)12-7-15-5-10-21-11-6-15/h1-6,10-11,17,19,23H,7-9,12-14H2. The van der Waals surface area contributed by atoms with Crippen LogP contribution in [0.5, 0.6) is 0 Å². The fourth-order valence-electron chi connectivity index (χ4n) is 3.26. The number of hydrogen-bond acceptors (Lipinski definition) is 3. The molecule has 3 rings (SSSR count). The molecule has 3 nitrogen and oxygen atoms in total. The number of hydrogen-bond donors (Lipinski definition) is 1. The lowest BCUT2D eigenvalue weighted by Gasteiger charge is -2.34. The molecule has 1 unspecified atom stereocenters. The lowest BCUT2D eigenvalue weighted by atomic mass is 9.87. The van der Waals surface area contributed by atoms with E-state index in [0.29, 0.717) is 10.9 Å². The topological polar surface area (TPSA) is 36.4 Å². The summed E-state index contributed by atoms with van der Waals surface area (Å²) in [4.78, 5) is 6.55. The van der Waals surface area contributed by atoms with Crippen LogP contribution in [0.4, 0.5) is 0 Å². The van der Waals surface area contributed by atoms with Gasteiger partial charge in [-0.3, -0.25) is 4.98 Å². The first-order chi connectivity index (χ1) is 11.2. The van der Waals surface area contributed by atoms with Crippen LogP contribution in [0.15, 0.2) is 48.8 Å². The Balaban J connectivity index is 1.47. The Morgan fingerprint density at radius 2 is 1.74 bits per heavy atom. The summed E-state index contributed by atoms with van der Waals surface area (Å²) in [5.74, 6) is 0.341. The molecule has 1 atom stereocenters. The van der Waals surface area contributed by atoms with Crippen LogP contribution < -0.4 is 0 Å². The number of rotatable bonds is 5. The van der Waals surface area contributed by atoms with Crippen molar-refractivity contribution < 1.29 is 5.11 Å². The fourth-order valence-corrected chi connectivity index (χ4v) is 3.39. The highest BCUT2D eigenvalue weighted by Crippen LogP contribution is 2.31. The second-order valence-electron chi connectivity index (χ2n) is 6.28. The number of pyridine rings is 1. The Bertz CT molecular complexity index is 595. The van der Waals surface area contributed by atoms with Crippen LogP contribution >= 0.6 is 11.6 Å². The van der Waals surface area contributed by atoms with Crippen molar-refractivity contribution in [2.24, 2.45) is 5.92 Å². The van der Waals surface area contributed by atoms with Crippen molar-refractivity contribution in [3.8, 4) is 0 Å². The molecule has 0 bridgehead atoms. The SMILES string of the molecule is OC(c1ccc(Cl)cc1)C1CCN(CCc2ccncc2)CC1. The lowest BCUT2D eigenvalue weighted by Crippen LogP contribution is -2.36.